The zero-order valence-corrected chi connectivity index (χ0v) is 15.1. The van der Waals surface area contributed by atoms with Crippen LogP contribution in [0, 0.1) is 0 Å². The first kappa shape index (κ1) is 14.7. The maximum absolute atomic E-state index is 2.50. The highest BCUT2D eigenvalue weighted by Gasteiger charge is 2.38. The number of hydrogen-bond donors (Lipinski definition) is 0. The van der Waals surface area contributed by atoms with Gasteiger partial charge in [0.05, 0.1) is 9.79 Å². The molecule has 0 spiro atoms. The molecule has 3 aromatic rings. The van der Waals surface area contributed by atoms with E-state index in [4.69, 9.17) is 0 Å². The van der Waals surface area contributed by atoms with Crippen molar-refractivity contribution in [3.05, 3.63) is 77.9 Å². The minimum absolute atomic E-state index is 0.0232. The van der Waals surface area contributed by atoms with Gasteiger partial charge in [-0.3, -0.25) is 0 Å². The normalized spacial score (nSPS) is 16.2. The van der Waals surface area contributed by atoms with Gasteiger partial charge in [-0.25, -0.2) is 0 Å². The lowest BCUT2D eigenvalue weighted by Crippen LogP contribution is -2.12. The molecule has 0 atom stereocenters. The molecule has 24 heavy (non-hydrogen) atoms. The van der Waals surface area contributed by atoms with Gasteiger partial charge in [-0.05, 0) is 73.2 Å². The van der Waals surface area contributed by atoms with Crippen molar-refractivity contribution >= 4 is 22.7 Å². The van der Waals surface area contributed by atoms with E-state index in [1.54, 1.807) is 11.1 Å². The van der Waals surface area contributed by atoms with Crippen molar-refractivity contribution in [2.24, 2.45) is 0 Å². The number of hydrogen-bond acceptors (Lipinski definition) is 1. The minimum atomic E-state index is 0.0232. The monoisotopic (exact) mass is 347 g/mol. The SMILES string of the molecule is c1ccc2c(c1)Sc1ccccc1[S+]2c1ccc2c(c1)CCCC2. The molecule has 1 heterocycles. The maximum Gasteiger partial charge on any atom is 0.180 e. The molecule has 3 aromatic carbocycles. The van der Waals surface area contributed by atoms with E-state index in [1.165, 1.54) is 50.2 Å². The molecule has 0 aromatic heterocycles. The molecule has 5 rings (SSSR count). The zero-order chi connectivity index (χ0) is 15.9. The van der Waals surface area contributed by atoms with Crippen LogP contribution in [-0.4, -0.2) is 0 Å². The van der Waals surface area contributed by atoms with E-state index in [2.05, 4.69) is 66.7 Å². The predicted octanol–water partition coefficient (Wildman–Crippen LogP) is 6.13. The maximum atomic E-state index is 2.50. The van der Waals surface area contributed by atoms with Crippen LogP contribution in [0.5, 0.6) is 0 Å². The van der Waals surface area contributed by atoms with Gasteiger partial charge in [-0.15, -0.1) is 0 Å². The molecule has 0 fully saturated rings. The van der Waals surface area contributed by atoms with E-state index in [-0.39, 0.29) is 10.9 Å². The Morgan fingerprint density at radius 2 is 1.29 bits per heavy atom. The van der Waals surface area contributed by atoms with Crippen molar-refractivity contribution in [2.75, 3.05) is 0 Å². The molecule has 0 N–H and O–H groups in total. The summed E-state index contributed by atoms with van der Waals surface area (Å²) >= 11 is 1.92. The van der Waals surface area contributed by atoms with E-state index >= 15 is 0 Å². The van der Waals surface area contributed by atoms with Crippen LogP contribution in [0.25, 0.3) is 0 Å². The summed E-state index contributed by atoms with van der Waals surface area (Å²) in [6.45, 7) is 0. The molecule has 0 radical (unpaired) electrons. The third kappa shape index (κ3) is 2.40. The highest BCUT2D eigenvalue weighted by atomic mass is 32.2. The predicted molar refractivity (Wildman–Crippen MR) is 102 cm³/mol. The Morgan fingerprint density at radius 1 is 0.667 bits per heavy atom. The second kappa shape index (κ2) is 6.02. The quantitative estimate of drug-likeness (QED) is 0.373. The number of aryl methyl sites for hydroxylation is 2. The molecule has 118 valence electrons. The molecule has 0 nitrogen and oxygen atoms in total. The van der Waals surface area contributed by atoms with Crippen LogP contribution >= 0.6 is 11.8 Å². The van der Waals surface area contributed by atoms with Crippen molar-refractivity contribution in [3.8, 4) is 0 Å². The van der Waals surface area contributed by atoms with Crippen LogP contribution in [0.3, 0.4) is 0 Å². The van der Waals surface area contributed by atoms with Crippen molar-refractivity contribution in [1.29, 1.82) is 0 Å². The Bertz CT molecular complexity index is 868. The Hall–Kier alpha value is -1.64. The first-order chi connectivity index (χ1) is 11.9. The largest absolute Gasteiger partial charge is 0.180 e. The Labute approximate surface area is 150 Å². The van der Waals surface area contributed by atoms with Crippen molar-refractivity contribution in [1.82, 2.24) is 0 Å². The standard InChI is InChI=1S/C22H19S2/c1-2-8-17-15-18(14-13-16(17)7-1)24-21-11-5-3-9-19(21)23-20-10-4-6-12-22(20)24/h3-6,9-15H,1-2,7-8H2/q+1. The summed E-state index contributed by atoms with van der Waals surface area (Å²) < 4.78 is 0. The Morgan fingerprint density at radius 3 is 2.00 bits per heavy atom. The number of fused-ring (bicyclic) bond motifs is 3. The molecule has 0 bridgehead atoms. The zero-order valence-electron chi connectivity index (χ0n) is 13.5. The van der Waals surface area contributed by atoms with Gasteiger partial charge in [-0.1, -0.05) is 42.1 Å². The second-order valence-corrected chi connectivity index (χ2v) is 9.49. The van der Waals surface area contributed by atoms with Gasteiger partial charge in [0.25, 0.3) is 0 Å². The summed E-state index contributed by atoms with van der Waals surface area (Å²) in [5, 5.41) is 0. The van der Waals surface area contributed by atoms with Gasteiger partial charge in [0.15, 0.2) is 14.7 Å². The fourth-order valence-electron chi connectivity index (χ4n) is 3.73. The minimum Gasteiger partial charge on any atom is -0.0795 e. The lowest BCUT2D eigenvalue weighted by Gasteiger charge is -2.20. The highest BCUT2D eigenvalue weighted by Crippen LogP contribution is 2.48. The highest BCUT2D eigenvalue weighted by molar-refractivity contribution is 8.04. The number of rotatable bonds is 1. The molecule has 0 saturated heterocycles. The molecule has 0 saturated carbocycles. The van der Waals surface area contributed by atoms with Gasteiger partial charge in [-0.2, -0.15) is 0 Å². The van der Waals surface area contributed by atoms with Crippen LogP contribution in [0.15, 0.2) is 91.2 Å². The summed E-state index contributed by atoms with van der Waals surface area (Å²) in [4.78, 5) is 7.28. The van der Waals surface area contributed by atoms with Crippen molar-refractivity contribution in [2.45, 2.75) is 50.2 Å². The average molecular weight is 348 g/mol. The molecule has 1 aliphatic carbocycles. The summed E-state index contributed by atoms with van der Waals surface area (Å²) in [7, 11) is 0.0232. The van der Waals surface area contributed by atoms with Crippen LogP contribution in [0.4, 0.5) is 0 Å². The van der Waals surface area contributed by atoms with E-state index in [1.807, 2.05) is 11.8 Å². The first-order valence-electron chi connectivity index (χ1n) is 8.62. The Balaban J connectivity index is 1.70. The fraction of sp³-hybridized carbons (Fsp3) is 0.182. The lowest BCUT2D eigenvalue weighted by atomic mass is 9.92. The molecule has 0 unspecified atom stereocenters. The molecule has 2 heteroatoms. The smallest absolute Gasteiger partial charge is 0.0795 e. The summed E-state index contributed by atoms with van der Waals surface area (Å²) in [5.41, 5.74) is 3.15. The summed E-state index contributed by atoms with van der Waals surface area (Å²) in [6, 6.07) is 25.2. The van der Waals surface area contributed by atoms with Gasteiger partial charge in [0.1, 0.15) is 10.9 Å². The molecular formula is C22H19S2+. The van der Waals surface area contributed by atoms with Gasteiger partial charge in [0.2, 0.25) is 0 Å². The average Bonchev–Trinajstić information content (AvgIpc) is 2.65. The molecule has 0 amide bonds. The number of benzene rings is 3. The summed E-state index contributed by atoms with van der Waals surface area (Å²) in [6.07, 6.45) is 5.19. The lowest BCUT2D eigenvalue weighted by molar-refractivity contribution is 0.683. The summed E-state index contributed by atoms with van der Waals surface area (Å²) in [5.74, 6) is 0. The topological polar surface area (TPSA) is 0 Å². The third-order valence-corrected chi connectivity index (χ3v) is 8.64. The second-order valence-electron chi connectivity index (χ2n) is 6.44. The van der Waals surface area contributed by atoms with Gasteiger partial charge >= 0.3 is 0 Å². The molecule has 2 aliphatic rings. The van der Waals surface area contributed by atoms with Crippen LogP contribution in [-0.2, 0) is 23.7 Å². The third-order valence-electron chi connectivity index (χ3n) is 4.91. The van der Waals surface area contributed by atoms with E-state index in [0.29, 0.717) is 0 Å². The Kier molecular flexibility index (Phi) is 3.68. The van der Waals surface area contributed by atoms with E-state index in [9.17, 15) is 0 Å². The van der Waals surface area contributed by atoms with Gasteiger partial charge in [0, 0.05) is 0 Å². The van der Waals surface area contributed by atoms with Crippen LogP contribution < -0.4 is 0 Å². The van der Waals surface area contributed by atoms with Crippen molar-refractivity contribution in [3.63, 3.8) is 0 Å². The molecular weight excluding hydrogens is 328 g/mol. The van der Waals surface area contributed by atoms with E-state index < -0.39 is 0 Å². The molecule has 1 aliphatic heterocycles. The van der Waals surface area contributed by atoms with Crippen molar-refractivity contribution < 1.29 is 0 Å². The fourth-order valence-corrected chi connectivity index (χ4v) is 7.53. The van der Waals surface area contributed by atoms with Crippen LogP contribution in [0.1, 0.15) is 24.0 Å². The van der Waals surface area contributed by atoms with E-state index in [0.717, 1.165) is 0 Å². The van der Waals surface area contributed by atoms with Gasteiger partial charge < -0.3 is 0 Å². The first-order valence-corrected chi connectivity index (χ1v) is 10.7. The van der Waals surface area contributed by atoms with Crippen LogP contribution in [0.2, 0.25) is 0 Å².